The number of hydrogen-bond donors (Lipinski definition) is 2. The van der Waals surface area contributed by atoms with E-state index < -0.39 is 0 Å². The van der Waals surface area contributed by atoms with Crippen molar-refractivity contribution >= 4 is 5.91 Å². The average molecular weight is 223 g/mol. The lowest BCUT2D eigenvalue weighted by molar-refractivity contribution is -0.121. The number of hydrogen-bond acceptors (Lipinski definition) is 4. The molecule has 0 bridgehead atoms. The van der Waals surface area contributed by atoms with Crippen molar-refractivity contribution in [2.75, 3.05) is 13.1 Å². The Bertz CT molecular complexity index is 318. The van der Waals surface area contributed by atoms with Crippen molar-refractivity contribution in [3.05, 3.63) is 12.4 Å². The van der Waals surface area contributed by atoms with Gasteiger partial charge in [0.2, 0.25) is 5.91 Å². The molecular weight excluding hydrogens is 206 g/mol. The van der Waals surface area contributed by atoms with Gasteiger partial charge in [0.25, 0.3) is 0 Å². The van der Waals surface area contributed by atoms with Gasteiger partial charge in [-0.15, -0.1) is 5.10 Å². The van der Waals surface area contributed by atoms with Crippen LogP contribution in [0.2, 0.25) is 0 Å². The molecule has 88 valence electrons. The Morgan fingerprint density at radius 2 is 2.56 bits per heavy atom. The maximum atomic E-state index is 11.5. The molecule has 2 rings (SSSR count). The van der Waals surface area contributed by atoms with Gasteiger partial charge in [-0.3, -0.25) is 9.48 Å². The smallest absolute Gasteiger partial charge is 0.221 e. The predicted octanol–water partition coefficient (Wildman–Crippen LogP) is -0.464. The van der Waals surface area contributed by atoms with E-state index in [1.807, 2.05) is 0 Å². The molecule has 0 radical (unpaired) electrons. The van der Waals surface area contributed by atoms with Gasteiger partial charge in [-0.05, 0) is 19.4 Å². The van der Waals surface area contributed by atoms with Crippen molar-refractivity contribution in [2.24, 2.45) is 0 Å². The summed E-state index contributed by atoms with van der Waals surface area (Å²) in [5.41, 5.74) is 0. The van der Waals surface area contributed by atoms with Crippen LogP contribution in [0.15, 0.2) is 12.4 Å². The Hall–Kier alpha value is -1.43. The molecule has 1 fully saturated rings. The van der Waals surface area contributed by atoms with Gasteiger partial charge in [0.15, 0.2) is 0 Å². The van der Waals surface area contributed by atoms with Gasteiger partial charge >= 0.3 is 0 Å². The van der Waals surface area contributed by atoms with E-state index in [0.29, 0.717) is 19.0 Å². The molecule has 1 amide bonds. The van der Waals surface area contributed by atoms with Crippen LogP contribution in [0.1, 0.15) is 19.3 Å². The van der Waals surface area contributed by atoms with Gasteiger partial charge in [0.05, 0.1) is 12.7 Å². The van der Waals surface area contributed by atoms with Gasteiger partial charge in [0, 0.05) is 25.2 Å². The second-order valence-electron chi connectivity index (χ2n) is 4.01. The summed E-state index contributed by atoms with van der Waals surface area (Å²) in [6, 6.07) is 0.454. The van der Waals surface area contributed by atoms with Crippen LogP contribution in [-0.2, 0) is 11.3 Å². The Kier molecular flexibility index (Phi) is 3.87. The number of rotatable bonds is 5. The third-order valence-corrected chi connectivity index (χ3v) is 2.75. The topological polar surface area (TPSA) is 71.8 Å². The van der Waals surface area contributed by atoms with Gasteiger partial charge < -0.3 is 10.6 Å². The highest BCUT2D eigenvalue weighted by Gasteiger charge is 2.14. The lowest BCUT2D eigenvalue weighted by Crippen LogP contribution is -2.37. The SMILES string of the molecule is O=C(CCn1ccnn1)NCC1CCCN1. The Morgan fingerprint density at radius 1 is 1.62 bits per heavy atom. The summed E-state index contributed by atoms with van der Waals surface area (Å²) in [5.74, 6) is 0.0733. The summed E-state index contributed by atoms with van der Waals surface area (Å²) >= 11 is 0. The number of nitrogens with one attached hydrogen (secondary N) is 2. The molecule has 6 nitrogen and oxygen atoms in total. The van der Waals surface area contributed by atoms with E-state index in [-0.39, 0.29) is 5.91 Å². The van der Waals surface area contributed by atoms with Crippen LogP contribution in [0, 0.1) is 0 Å². The second kappa shape index (κ2) is 5.60. The summed E-state index contributed by atoms with van der Waals surface area (Å²) in [4.78, 5) is 11.5. The Morgan fingerprint density at radius 3 is 3.25 bits per heavy atom. The van der Waals surface area contributed by atoms with Gasteiger partial charge in [-0.1, -0.05) is 5.21 Å². The monoisotopic (exact) mass is 223 g/mol. The lowest BCUT2D eigenvalue weighted by atomic mass is 10.2. The molecule has 1 aromatic rings. The fourth-order valence-corrected chi connectivity index (χ4v) is 1.82. The van der Waals surface area contributed by atoms with E-state index in [1.54, 1.807) is 17.1 Å². The Labute approximate surface area is 94.4 Å². The van der Waals surface area contributed by atoms with Gasteiger partial charge in [0.1, 0.15) is 0 Å². The highest BCUT2D eigenvalue weighted by Crippen LogP contribution is 2.03. The molecule has 1 aromatic heterocycles. The molecule has 6 heteroatoms. The molecule has 1 unspecified atom stereocenters. The van der Waals surface area contributed by atoms with Crippen LogP contribution in [0.25, 0.3) is 0 Å². The normalized spacial score (nSPS) is 19.9. The highest BCUT2D eigenvalue weighted by molar-refractivity contribution is 5.75. The second-order valence-corrected chi connectivity index (χ2v) is 4.01. The van der Waals surface area contributed by atoms with Crippen LogP contribution in [0.3, 0.4) is 0 Å². The van der Waals surface area contributed by atoms with Crippen LogP contribution < -0.4 is 10.6 Å². The minimum atomic E-state index is 0.0733. The zero-order valence-electron chi connectivity index (χ0n) is 9.22. The minimum absolute atomic E-state index is 0.0733. The van der Waals surface area contributed by atoms with E-state index in [2.05, 4.69) is 20.9 Å². The molecule has 0 aromatic carbocycles. The van der Waals surface area contributed by atoms with Crippen molar-refractivity contribution in [3.8, 4) is 0 Å². The van der Waals surface area contributed by atoms with Crippen molar-refractivity contribution in [1.82, 2.24) is 25.6 Å². The molecule has 2 heterocycles. The average Bonchev–Trinajstić information content (AvgIpc) is 2.96. The minimum Gasteiger partial charge on any atom is -0.354 e. The lowest BCUT2D eigenvalue weighted by Gasteiger charge is -2.11. The van der Waals surface area contributed by atoms with E-state index in [1.165, 1.54) is 6.42 Å². The predicted molar refractivity (Wildman–Crippen MR) is 58.7 cm³/mol. The number of amides is 1. The molecular formula is C10H17N5O. The van der Waals surface area contributed by atoms with E-state index in [0.717, 1.165) is 19.5 Å². The number of aryl methyl sites for hydroxylation is 1. The first kappa shape index (κ1) is 11.1. The molecule has 1 aliphatic heterocycles. The van der Waals surface area contributed by atoms with Gasteiger partial charge in [-0.25, -0.2) is 0 Å². The summed E-state index contributed by atoms with van der Waals surface area (Å²) in [5, 5.41) is 13.7. The third-order valence-electron chi connectivity index (χ3n) is 2.75. The zero-order valence-corrected chi connectivity index (χ0v) is 9.22. The Balaban J connectivity index is 1.60. The standard InChI is InChI=1S/C10H17N5O/c16-10(3-6-15-7-5-13-14-15)12-8-9-2-1-4-11-9/h5,7,9,11H,1-4,6,8H2,(H,12,16). The maximum Gasteiger partial charge on any atom is 0.221 e. The summed E-state index contributed by atoms with van der Waals surface area (Å²) in [7, 11) is 0. The quantitative estimate of drug-likeness (QED) is 0.708. The first-order valence-corrected chi connectivity index (χ1v) is 5.69. The number of carbonyl (C=O) groups is 1. The van der Waals surface area contributed by atoms with Crippen LogP contribution in [-0.4, -0.2) is 40.0 Å². The fourth-order valence-electron chi connectivity index (χ4n) is 1.82. The van der Waals surface area contributed by atoms with Crippen molar-refractivity contribution in [2.45, 2.75) is 31.8 Å². The van der Waals surface area contributed by atoms with Crippen molar-refractivity contribution < 1.29 is 4.79 Å². The van der Waals surface area contributed by atoms with E-state index in [9.17, 15) is 4.79 Å². The molecule has 0 spiro atoms. The van der Waals surface area contributed by atoms with E-state index in [4.69, 9.17) is 0 Å². The number of aromatic nitrogens is 3. The highest BCUT2D eigenvalue weighted by atomic mass is 16.1. The number of carbonyl (C=O) groups excluding carboxylic acids is 1. The number of nitrogens with zero attached hydrogens (tertiary/aromatic N) is 3. The van der Waals surface area contributed by atoms with Crippen LogP contribution >= 0.6 is 0 Å². The maximum absolute atomic E-state index is 11.5. The summed E-state index contributed by atoms with van der Waals surface area (Å²) < 4.78 is 1.66. The first-order valence-electron chi connectivity index (χ1n) is 5.69. The largest absolute Gasteiger partial charge is 0.354 e. The fraction of sp³-hybridized carbons (Fsp3) is 0.700. The van der Waals surface area contributed by atoms with E-state index >= 15 is 0 Å². The molecule has 1 saturated heterocycles. The van der Waals surface area contributed by atoms with Crippen molar-refractivity contribution in [1.29, 1.82) is 0 Å². The molecule has 2 N–H and O–H groups in total. The van der Waals surface area contributed by atoms with Crippen LogP contribution in [0.5, 0.6) is 0 Å². The molecule has 1 aliphatic rings. The zero-order chi connectivity index (χ0) is 11.2. The van der Waals surface area contributed by atoms with Gasteiger partial charge in [-0.2, -0.15) is 0 Å². The molecule has 16 heavy (non-hydrogen) atoms. The molecule has 1 atom stereocenters. The molecule has 0 aliphatic carbocycles. The third kappa shape index (κ3) is 3.30. The van der Waals surface area contributed by atoms with Crippen molar-refractivity contribution in [3.63, 3.8) is 0 Å². The summed E-state index contributed by atoms with van der Waals surface area (Å²) in [6.07, 6.45) is 6.19. The summed E-state index contributed by atoms with van der Waals surface area (Å²) in [6.45, 7) is 2.39. The van der Waals surface area contributed by atoms with Crippen LogP contribution in [0.4, 0.5) is 0 Å². The molecule has 0 saturated carbocycles. The first-order chi connectivity index (χ1) is 7.84.